The summed E-state index contributed by atoms with van der Waals surface area (Å²) >= 11 is 0. The van der Waals surface area contributed by atoms with Crippen LogP contribution in [0.5, 0.6) is 0 Å². The first-order valence-corrected chi connectivity index (χ1v) is 5.04. The fraction of sp³-hybridized carbons (Fsp3) is 0.500. The van der Waals surface area contributed by atoms with Crippen molar-refractivity contribution in [2.45, 2.75) is 19.9 Å². The van der Waals surface area contributed by atoms with Gasteiger partial charge < -0.3 is 10.6 Å². The Morgan fingerprint density at radius 2 is 2.13 bits per heavy atom. The highest BCUT2D eigenvalue weighted by Crippen LogP contribution is 1.90. The third-order valence-corrected chi connectivity index (χ3v) is 1.80. The molecule has 0 radical (unpaired) electrons. The highest BCUT2D eigenvalue weighted by atomic mass is 16.1. The van der Waals surface area contributed by atoms with E-state index in [2.05, 4.69) is 20.6 Å². The van der Waals surface area contributed by atoms with Crippen molar-refractivity contribution in [1.29, 1.82) is 0 Å². The maximum absolute atomic E-state index is 11.2. The van der Waals surface area contributed by atoms with Gasteiger partial charge in [-0.1, -0.05) is 6.92 Å². The lowest BCUT2D eigenvalue weighted by Crippen LogP contribution is -2.33. The standard InChI is InChI=1S/C10H16N4O/c1-2-3-14-10(15)7-11-4-9-5-12-8-13-6-9/h5-6,8,11H,2-4,7H2,1H3,(H,14,15). The van der Waals surface area contributed by atoms with Gasteiger partial charge >= 0.3 is 0 Å². The molecule has 0 saturated carbocycles. The molecule has 0 saturated heterocycles. The molecule has 0 aromatic carbocycles. The predicted molar refractivity (Wildman–Crippen MR) is 57.0 cm³/mol. The summed E-state index contributed by atoms with van der Waals surface area (Å²) in [5.41, 5.74) is 0.973. The minimum absolute atomic E-state index is 0.0219. The molecule has 82 valence electrons. The minimum Gasteiger partial charge on any atom is -0.355 e. The molecule has 1 aromatic rings. The molecule has 0 atom stereocenters. The van der Waals surface area contributed by atoms with Gasteiger partial charge in [-0.15, -0.1) is 0 Å². The molecule has 0 bridgehead atoms. The highest BCUT2D eigenvalue weighted by molar-refractivity contribution is 5.77. The first kappa shape index (κ1) is 11.6. The van der Waals surface area contributed by atoms with Gasteiger partial charge in [0.25, 0.3) is 0 Å². The third-order valence-electron chi connectivity index (χ3n) is 1.80. The molecule has 1 heterocycles. The van der Waals surface area contributed by atoms with Crippen LogP contribution in [-0.4, -0.2) is 29.0 Å². The Morgan fingerprint density at radius 1 is 1.40 bits per heavy atom. The van der Waals surface area contributed by atoms with Gasteiger partial charge in [-0.3, -0.25) is 4.79 Å². The summed E-state index contributed by atoms with van der Waals surface area (Å²) in [5.74, 6) is 0.0219. The number of nitrogens with zero attached hydrogens (tertiary/aromatic N) is 2. The molecule has 1 amide bonds. The Kier molecular flexibility index (Phi) is 5.32. The van der Waals surface area contributed by atoms with E-state index in [0.29, 0.717) is 13.1 Å². The Balaban J connectivity index is 2.14. The van der Waals surface area contributed by atoms with Crippen molar-refractivity contribution < 1.29 is 4.79 Å². The molecule has 5 nitrogen and oxygen atoms in total. The molecule has 2 N–H and O–H groups in total. The van der Waals surface area contributed by atoms with Gasteiger partial charge in [-0.25, -0.2) is 9.97 Å². The smallest absolute Gasteiger partial charge is 0.233 e. The average Bonchev–Trinajstić information content (AvgIpc) is 2.28. The quantitative estimate of drug-likeness (QED) is 0.695. The highest BCUT2D eigenvalue weighted by Gasteiger charge is 1.98. The number of aromatic nitrogens is 2. The molecule has 0 aliphatic carbocycles. The summed E-state index contributed by atoms with van der Waals surface area (Å²) in [5, 5.41) is 5.80. The minimum atomic E-state index is 0.0219. The molecule has 0 aliphatic rings. The second-order valence-electron chi connectivity index (χ2n) is 3.20. The van der Waals surface area contributed by atoms with Gasteiger partial charge in [-0.2, -0.15) is 0 Å². The molecule has 5 heteroatoms. The second-order valence-corrected chi connectivity index (χ2v) is 3.20. The number of carbonyl (C=O) groups excluding carboxylic acids is 1. The monoisotopic (exact) mass is 208 g/mol. The van der Waals surface area contributed by atoms with E-state index in [-0.39, 0.29) is 5.91 Å². The molecule has 0 unspecified atom stereocenters. The van der Waals surface area contributed by atoms with Gasteiger partial charge in [0, 0.05) is 31.0 Å². The van der Waals surface area contributed by atoms with Crippen LogP contribution >= 0.6 is 0 Å². The van der Waals surface area contributed by atoms with E-state index in [9.17, 15) is 4.79 Å². The van der Waals surface area contributed by atoms with Crippen LogP contribution in [0.3, 0.4) is 0 Å². The van der Waals surface area contributed by atoms with Crippen LogP contribution in [0.25, 0.3) is 0 Å². The summed E-state index contributed by atoms with van der Waals surface area (Å²) in [6.07, 6.45) is 5.89. The molecule has 15 heavy (non-hydrogen) atoms. The zero-order valence-corrected chi connectivity index (χ0v) is 8.86. The SMILES string of the molecule is CCCNC(=O)CNCc1cncnc1. The average molecular weight is 208 g/mol. The number of hydrogen-bond donors (Lipinski definition) is 2. The van der Waals surface area contributed by atoms with Gasteiger partial charge in [0.1, 0.15) is 6.33 Å². The first-order chi connectivity index (χ1) is 7.33. The molecular formula is C10H16N4O. The predicted octanol–water partition coefficient (Wildman–Crippen LogP) is 0.0924. The van der Waals surface area contributed by atoms with Crippen molar-refractivity contribution in [3.05, 3.63) is 24.3 Å². The van der Waals surface area contributed by atoms with Crippen LogP contribution < -0.4 is 10.6 Å². The lowest BCUT2D eigenvalue weighted by atomic mass is 10.3. The van der Waals surface area contributed by atoms with Crippen molar-refractivity contribution in [2.75, 3.05) is 13.1 Å². The Bertz CT molecular complexity index is 289. The fourth-order valence-electron chi connectivity index (χ4n) is 1.07. The number of rotatable bonds is 6. The van der Waals surface area contributed by atoms with Gasteiger partial charge in [-0.05, 0) is 6.42 Å². The van der Waals surface area contributed by atoms with E-state index in [4.69, 9.17) is 0 Å². The largest absolute Gasteiger partial charge is 0.355 e. The van der Waals surface area contributed by atoms with Crippen molar-refractivity contribution in [3.63, 3.8) is 0 Å². The van der Waals surface area contributed by atoms with Crippen molar-refractivity contribution >= 4 is 5.91 Å². The van der Waals surface area contributed by atoms with E-state index in [1.165, 1.54) is 6.33 Å². The van der Waals surface area contributed by atoms with Crippen LogP contribution in [0.2, 0.25) is 0 Å². The molecule has 0 spiro atoms. The first-order valence-electron chi connectivity index (χ1n) is 5.04. The topological polar surface area (TPSA) is 66.9 Å². The van der Waals surface area contributed by atoms with Crippen LogP contribution in [0.1, 0.15) is 18.9 Å². The lowest BCUT2D eigenvalue weighted by Gasteiger charge is -2.04. The van der Waals surface area contributed by atoms with Gasteiger partial charge in [0.15, 0.2) is 0 Å². The summed E-state index contributed by atoms with van der Waals surface area (Å²) < 4.78 is 0. The van der Waals surface area contributed by atoms with Crippen LogP contribution in [0, 0.1) is 0 Å². The van der Waals surface area contributed by atoms with E-state index in [1.807, 2.05) is 6.92 Å². The normalized spacial score (nSPS) is 9.93. The van der Waals surface area contributed by atoms with E-state index < -0.39 is 0 Å². The van der Waals surface area contributed by atoms with Gasteiger partial charge in [0.2, 0.25) is 5.91 Å². The molecular weight excluding hydrogens is 192 g/mol. The fourth-order valence-corrected chi connectivity index (χ4v) is 1.07. The van der Waals surface area contributed by atoms with Gasteiger partial charge in [0.05, 0.1) is 6.54 Å². The Morgan fingerprint density at radius 3 is 2.80 bits per heavy atom. The summed E-state index contributed by atoms with van der Waals surface area (Å²) in [6.45, 7) is 3.69. The van der Waals surface area contributed by atoms with E-state index in [1.54, 1.807) is 12.4 Å². The van der Waals surface area contributed by atoms with Crippen molar-refractivity contribution in [3.8, 4) is 0 Å². The van der Waals surface area contributed by atoms with Crippen molar-refractivity contribution in [1.82, 2.24) is 20.6 Å². The molecule has 0 aliphatic heterocycles. The second kappa shape index (κ2) is 6.89. The van der Waals surface area contributed by atoms with E-state index in [0.717, 1.165) is 18.5 Å². The maximum atomic E-state index is 11.2. The number of amides is 1. The zero-order chi connectivity index (χ0) is 10.9. The Labute approximate surface area is 89.3 Å². The molecule has 1 aromatic heterocycles. The van der Waals surface area contributed by atoms with Crippen molar-refractivity contribution in [2.24, 2.45) is 0 Å². The number of carbonyl (C=O) groups is 1. The lowest BCUT2D eigenvalue weighted by molar-refractivity contribution is -0.120. The number of nitrogens with one attached hydrogen (secondary N) is 2. The van der Waals surface area contributed by atoms with Crippen LogP contribution in [0.4, 0.5) is 0 Å². The summed E-state index contributed by atoms with van der Waals surface area (Å²) in [7, 11) is 0. The maximum Gasteiger partial charge on any atom is 0.233 e. The van der Waals surface area contributed by atoms with Crippen LogP contribution in [0.15, 0.2) is 18.7 Å². The zero-order valence-electron chi connectivity index (χ0n) is 8.86. The Hall–Kier alpha value is -1.49. The molecule has 1 rings (SSSR count). The van der Waals surface area contributed by atoms with Crippen LogP contribution in [-0.2, 0) is 11.3 Å². The third kappa shape index (κ3) is 5.07. The summed E-state index contributed by atoms with van der Waals surface area (Å²) in [6, 6.07) is 0. The van der Waals surface area contributed by atoms with E-state index >= 15 is 0 Å². The summed E-state index contributed by atoms with van der Waals surface area (Å²) in [4.78, 5) is 18.9. The molecule has 0 fully saturated rings. The number of hydrogen-bond acceptors (Lipinski definition) is 4.